The van der Waals surface area contributed by atoms with Crippen molar-refractivity contribution >= 4 is 10.9 Å². The zero-order valence-corrected chi connectivity index (χ0v) is 9.38. The van der Waals surface area contributed by atoms with Gasteiger partial charge in [0.2, 0.25) is 0 Å². The summed E-state index contributed by atoms with van der Waals surface area (Å²) in [7, 11) is 0. The van der Waals surface area contributed by atoms with Crippen LogP contribution in [0.1, 0.15) is 35.6 Å². The van der Waals surface area contributed by atoms with Gasteiger partial charge in [0, 0.05) is 16.6 Å². The van der Waals surface area contributed by atoms with Crippen LogP contribution < -0.4 is 0 Å². The summed E-state index contributed by atoms with van der Waals surface area (Å²) in [6.07, 6.45) is 3.23. The molecule has 0 saturated heterocycles. The Kier molecular flexibility index (Phi) is 2.00. The van der Waals surface area contributed by atoms with Crippen LogP contribution in [0.3, 0.4) is 0 Å². The maximum atomic E-state index is 9.15. The number of hydrogen-bond acceptors (Lipinski definition) is 1. The van der Waals surface area contributed by atoms with Gasteiger partial charge in [-0.25, -0.2) is 0 Å². The maximum absolute atomic E-state index is 9.15. The van der Waals surface area contributed by atoms with Gasteiger partial charge < -0.3 is 4.98 Å². The first kappa shape index (κ1) is 9.47. The average Bonchev–Trinajstić information content (AvgIpc) is 2.67. The standard InChI is InChI=1S/C14H14N2/c1-9-5-6-13-12(7-9)11-4-2-3-10(8-15)14(11)16-13/h5-7,10,16H,2-4H2,1H3/t10-/m0/s1. The van der Waals surface area contributed by atoms with E-state index in [0.717, 1.165) is 25.0 Å². The largest absolute Gasteiger partial charge is 0.357 e. The van der Waals surface area contributed by atoms with E-state index in [-0.39, 0.29) is 5.92 Å². The summed E-state index contributed by atoms with van der Waals surface area (Å²) in [6, 6.07) is 8.87. The minimum Gasteiger partial charge on any atom is -0.357 e. The van der Waals surface area contributed by atoms with Gasteiger partial charge in [-0.15, -0.1) is 0 Å². The Labute approximate surface area is 94.9 Å². The molecule has 1 aromatic heterocycles. The van der Waals surface area contributed by atoms with Gasteiger partial charge in [0.1, 0.15) is 0 Å². The molecule has 3 rings (SSSR count). The number of nitrogens with zero attached hydrogens (tertiary/aromatic N) is 1. The summed E-state index contributed by atoms with van der Waals surface area (Å²) < 4.78 is 0. The van der Waals surface area contributed by atoms with E-state index >= 15 is 0 Å². The second-order valence-corrected chi connectivity index (χ2v) is 4.64. The smallest absolute Gasteiger partial charge is 0.0865 e. The molecule has 2 heteroatoms. The number of fused-ring (bicyclic) bond motifs is 3. The van der Waals surface area contributed by atoms with E-state index < -0.39 is 0 Å². The third-order valence-corrected chi connectivity index (χ3v) is 3.52. The van der Waals surface area contributed by atoms with E-state index in [2.05, 4.69) is 36.2 Å². The minimum atomic E-state index is 0.0662. The van der Waals surface area contributed by atoms with Gasteiger partial charge in [0.25, 0.3) is 0 Å². The highest BCUT2D eigenvalue weighted by Crippen LogP contribution is 2.35. The first-order chi connectivity index (χ1) is 7.79. The molecule has 0 aliphatic heterocycles. The number of nitrogens with one attached hydrogen (secondary N) is 1. The van der Waals surface area contributed by atoms with Crippen molar-refractivity contribution in [2.75, 3.05) is 0 Å². The predicted octanol–water partition coefficient (Wildman–Crippen LogP) is 3.42. The number of aromatic amines is 1. The highest BCUT2D eigenvalue weighted by molar-refractivity contribution is 5.86. The quantitative estimate of drug-likeness (QED) is 0.711. The second kappa shape index (κ2) is 3.38. The molecule has 16 heavy (non-hydrogen) atoms. The summed E-state index contributed by atoms with van der Waals surface area (Å²) >= 11 is 0. The monoisotopic (exact) mass is 210 g/mol. The molecule has 80 valence electrons. The van der Waals surface area contributed by atoms with Crippen molar-refractivity contribution in [2.45, 2.75) is 32.1 Å². The SMILES string of the molecule is Cc1ccc2[nH]c3c(c2c1)CCC[C@H]3C#N. The topological polar surface area (TPSA) is 39.6 Å². The van der Waals surface area contributed by atoms with E-state index in [1.807, 2.05) is 0 Å². The third kappa shape index (κ3) is 1.25. The molecule has 1 aliphatic carbocycles. The normalized spacial score (nSPS) is 19.4. The number of aromatic nitrogens is 1. The number of aryl methyl sites for hydroxylation is 2. The molecular weight excluding hydrogens is 196 g/mol. The number of H-pyrrole nitrogens is 1. The van der Waals surface area contributed by atoms with Gasteiger partial charge in [-0.05, 0) is 43.9 Å². The highest BCUT2D eigenvalue weighted by Gasteiger charge is 2.23. The molecule has 1 aliphatic rings. The molecule has 1 aromatic carbocycles. The van der Waals surface area contributed by atoms with Crippen molar-refractivity contribution in [3.8, 4) is 6.07 Å². The van der Waals surface area contributed by atoms with Gasteiger partial charge in [0.05, 0.1) is 12.0 Å². The highest BCUT2D eigenvalue weighted by atomic mass is 14.7. The van der Waals surface area contributed by atoms with Crippen molar-refractivity contribution in [1.82, 2.24) is 4.98 Å². The van der Waals surface area contributed by atoms with Crippen LogP contribution in [0.15, 0.2) is 18.2 Å². The Morgan fingerprint density at radius 1 is 1.44 bits per heavy atom. The number of hydrogen-bond donors (Lipinski definition) is 1. The Hall–Kier alpha value is -1.75. The molecule has 2 nitrogen and oxygen atoms in total. The van der Waals surface area contributed by atoms with E-state index in [9.17, 15) is 0 Å². The molecule has 2 aromatic rings. The predicted molar refractivity (Wildman–Crippen MR) is 64.3 cm³/mol. The molecule has 0 amide bonds. The number of benzene rings is 1. The molecule has 0 fully saturated rings. The van der Waals surface area contributed by atoms with Crippen molar-refractivity contribution in [3.05, 3.63) is 35.0 Å². The van der Waals surface area contributed by atoms with Crippen molar-refractivity contribution in [3.63, 3.8) is 0 Å². The van der Waals surface area contributed by atoms with Gasteiger partial charge in [-0.1, -0.05) is 11.6 Å². The fraction of sp³-hybridized carbons (Fsp3) is 0.357. The van der Waals surface area contributed by atoms with Crippen LogP contribution in [0, 0.1) is 18.3 Å². The summed E-state index contributed by atoms with van der Waals surface area (Å²) in [6.45, 7) is 2.11. The zero-order chi connectivity index (χ0) is 11.1. The van der Waals surface area contributed by atoms with Crippen molar-refractivity contribution < 1.29 is 0 Å². The summed E-state index contributed by atoms with van der Waals surface area (Å²) in [4.78, 5) is 3.42. The van der Waals surface area contributed by atoms with Crippen LogP contribution in [0.4, 0.5) is 0 Å². The summed E-state index contributed by atoms with van der Waals surface area (Å²) in [5.74, 6) is 0.0662. The van der Waals surface area contributed by atoms with Crippen LogP contribution in [0.25, 0.3) is 10.9 Å². The second-order valence-electron chi connectivity index (χ2n) is 4.64. The van der Waals surface area contributed by atoms with Gasteiger partial charge in [-0.3, -0.25) is 0 Å². The molecule has 0 unspecified atom stereocenters. The van der Waals surface area contributed by atoms with Gasteiger partial charge in [-0.2, -0.15) is 5.26 Å². The lowest BCUT2D eigenvalue weighted by Crippen LogP contribution is -2.06. The lowest BCUT2D eigenvalue weighted by atomic mass is 9.87. The third-order valence-electron chi connectivity index (χ3n) is 3.52. The van der Waals surface area contributed by atoms with Gasteiger partial charge >= 0.3 is 0 Å². The average molecular weight is 210 g/mol. The Bertz CT molecular complexity index is 587. The van der Waals surface area contributed by atoms with Crippen LogP contribution in [-0.4, -0.2) is 4.98 Å². The van der Waals surface area contributed by atoms with E-state index in [1.54, 1.807) is 0 Å². The van der Waals surface area contributed by atoms with Crippen molar-refractivity contribution in [2.24, 2.45) is 0 Å². The fourth-order valence-corrected chi connectivity index (χ4v) is 2.71. The molecule has 0 radical (unpaired) electrons. The lowest BCUT2D eigenvalue weighted by Gasteiger charge is -2.16. The van der Waals surface area contributed by atoms with Gasteiger partial charge in [0.15, 0.2) is 0 Å². The van der Waals surface area contributed by atoms with E-state index in [4.69, 9.17) is 5.26 Å². The minimum absolute atomic E-state index is 0.0662. The first-order valence-electron chi connectivity index (χ1n) is 5.80. The molecule has 1 N–H and O–H groups in total. The first-order valence-corrected chi connectivity index (χ1v) is 5.80. The van der Waals surface area contributed by atoms with Crippen LogP contribution in [0.5, 0.6) is 0 Å². The summed E-state index contributed by atoms with van der Waals surface area (Å²) in [5, 5.41) is 10.5. The molecule has 1 atom stereocenters. The molecular formula is C14H14N2. The summed E-state index contributed by atoms with van der Waals surface area (Å²) in [5.41, 5.74) is 5.00. The Morgan fingerprint density at radius 3 is 3.12 bits per heavy atom. The number of nitriles is 1. The molecule has 0 bridgehead atoms. The lowest BCUT2D eigenvalue weighted by molar-refractivity contribution is 0.629. The fourth-order valence-electron chi connectivity index (χ4n) is 2.71. The molecule has 0 spiro atoms. The number of rotatable bonds is 0. The molecule has 0 saturated carbocycles. The molecule has 1 heterocycles. The Morgan fingerprint density at radius 2 is 2.31 bits per heavy atom. The Balaban J connectivity index is 2.30. The van der Waals surface area contributed by atoms with E-state index in [0.29, 0.717) is 0 Å². The van der Waals surface area contributed by atoms with Crippen molar-refractivity contribution in [1.29, 1.82) is 5.26 Å². The van der Waals surface area contributed by atoms with Crippen LogP contribution >= 0.6 is 0 Å². The van der Waals surface area contributed by atoms with Crippen LogP contribution in [0.2, 0.25) is 0 Å². The van der Waals surface area contributed by atoms with Crippen LogP contribution in [-0.2, 0) is 6.42 Å². The maximum Gasteiger partial charge on any atom is 0.0865 e. The zero-order valence-electron chi connectivity index (χ0n) is 9.38. The van der Waals surface area contributed by atoms with E-state index in [1.165, 1.54) is 22.0 Å².